The Labute approximate surface area is 185 Å². The Kier molecular flexibility index (Phi) is 7.59. The summed E-state index contributed by atoms with van der Waals surface area (Å²) in [6.07, 6.45) is 0.518. The van der Waals surface area contributed by atoms with Gasteiger partial charge in [0.25, 0.3) is 0 Å². The van der Waals surface area contributed by atoms with Crippen molar-refractivity contribution in [3.8, 4) is 5.75 Å². The van der Waals surface area contributed by atoms with Crippen molar-refractivity contribution in [3.05, 3.63) is 59.1 Å². The van der Waals surface area contributed by atoms with Gasteiger partial charge in [-0.3, -0.25) is 9.36 Å². The molecule has 0 aliphatic rings. The summed E-state index contributed by atoms with van der Waals surface area (Å²) in [5.74, 6) is 1.18. The average Bonchev–Trinajstić information content (AvgIpc) is 3.10. The molecule has 3 rings (SSSR count). The maximum Gasteiger partial charge on any atom is 0.247 e. The molecule has 2 aromatic carbocycles. The zero-order valence-corrected chi connectivity index (χ0v) is 18.4. The Hall–Kier alpha value is -2.71. The van der Waals surface area contributed by atoms with E-state index in [0.29, 0.717) is 40.4 Å². The van der Waals surface area contributed by atoms with Crippen LogP contribution in [0.25, 0.3) is 0 Å². The van der Waals surface area contributed by atoms with E-state index in [4.69, 9.17) is 22.1 Å². The molecule has 0 radical (unpaired) electrons. The molecule has 1 amide bonds. The van der Waals surface area contributed by atoms with Gasteiger partial charge in [-0.25, -0.2) is 0 Å². The molecule has 0 aliphatic carbocycles. The Bertz CT molecular complexity index is 1010. The van der Waals surface area contributed by atoms with Crippen LogP contribution in [0.1, 0.15) is 31.9 Å². The second-order valence-electron chi connectivity index (χ2n) is 6.43. The number of ether oxygens (including phenoxy) is 1. The van der Waals surface area contributed by atoms with Crippen LogP contribution in [0.15, 0.2) is 53.7 Å². The first-order valence-electron chi connectivity index (χ1n) is 9.64. The van der Waals surface area contributed by atoms with Crippen LogP contribution in [-0.4, -0.2) is 27.3 Å². The third-order valence-electron chi connectivity index (χ3n) is 4.45. The molecule has 0 aliphatic heterocycles. The van der Waals surface area contributed by atoms with Gasteiger partial charge in [0, 0.05) is 10.8 Å². The van der Waals surface area contributed by atoms with E-state index in [1.165, 1.54) is 11.8 Å². The Morgan fingerprint density at radius 1 is 1.20 bits per heavy atom. The number of halogens is 1. The Balaban J connectivity index is 1.80. The van der Waals surface area contributed by atoms with Crippen molar-refractivity contribution in [2.75, 3.05) is 17.7 Å². The van der Waals surface area contributed by atoms with E-state index in [9.17, 15) is 4.79 Å². The SMILES string of the molecule is CCOc1ccccc1NC(=O)C(CC)n1c(N)nnc1SCc1ccccc1Cl. The van der Waals surface area contributed by atoms with Crippen molar-refractivity contribution in [2.24, 2.45) is 0 Å². The summed E-state index contributed by atoms with van der Waals surface area (Å²) in [5, 5.41) is 12.3. The first kappa shape index (κ1) is 22.0. The molecule has 1 heterocycles. The molecular formula is C21H24ClN5O2S. The Morgan fingerprint density at radius 3 is 2.67 bits per heavy atom. The molecule has 0 saturated carbocycles. The molecular weight excluding hydrogens is 422 g/mol. The molecule has 0 fully saturated rings. The van der Waals surface area contributed by atoms with Gasteiger partial charge in [0.2, 0.25) is 11.9 Å². The number of anilines is 2. The number of rotatable bonds is 9. The lowest BCUT2D eigenvalue weighted by Gasteiger charge is -2.20. The van der Waals surface area contributed by atoms with Crippen LogP contribution < -0.4 is 15.8 Å². The van der Waals surface area contributed by atoms with Crippen molar-refractivity contribution in [3.63, 3.8) is 0 Å². The fourth-order valence-electron chi connectivity index (χ4n) is 2.99. The van der Waals surface area contributed by atoms with Crippen molar-refractivity contribution in [1.29, 1.82) is 0 Å². The summed E-state index contributed by atoms with van der Waals surface area (Å²) in [5.41, 5.74) is 7.65. The van der Waals surface area contributed by atoms with Crippen LogP contribution in [0.4, 0.5) is 11.6 Å². The number of hydrogen-bond donors (Lipinski definition) is 2. The van der Waals surface area contributed by atoms with Gasteiger partial charge in [-0.1, -0.05) is 60.6 Å². The minimum Gasteiger partial charge on any atom is -0.492 e. The summed E-state index contributed by atoms with van der Waals surface area (Å²) in [6.45, 7) is 4.32. The molecule has 3 N–H and O–H groups in total. The van der Waals surface area contributed by atoms with Crippen molar-refractivity contribution in [1.82, 2.24) is 14.8 Å². The van der Waals surface area contributed by atoms with E-state index >= 15 is 0 Å². The van der Waals surface area contributed by atoms with E-state index in [2.05, 4.69) is 15.5 Å². The monoisotopic (exact) mass is 445 g/mol. The van der Waals surface area contributed by atoms with E-state index in [0.717, 1.165) is 5.56 Å². The van der Waals surface area contributed by atoms with Crippen molar-refractivity contribution >= 4 is 40.9 Å². The molecule has 3 aromatic rings. The average molecular weight is 446 g/mol. The lowest BCUT2D eigenvalue weighted by molar-refractivity contribution is -0.119. The second kappa shape index (κ2) is 10.4. The Morgan fingerprint density at radius 2 is 1.93 bits per heavy atom. The third-order valence-corrected chi connectivity index (χ3v) is 5.81. The number of amides is 1. The summed E-state index contributed by atoms with van der Waals surface area (Å²) >= 11 is 7.68. The molecule has 0 bridgehead atoms. The maximum atomic E-state index is 13.1. The molecule has 1 unspecified atom stereocenters. The van der Waals surface area contributed by atoms with Gasteiger partial charge in [-0.05, 0) is 37.1 Å². The van der Waals surface area contributed by atoms with Gasteiger partial charge >= 0.3 is 0 Å². The largest absolute Gasteiger partial charge is 0.492 e. The third kappa shape index (κ3) is 5.06. The minimum absolute atomic E-state index is 0.191. The zero-order chi connectivity index (χ0) is 21.5. The van der Waals surface area contributed by atoms with Gasteiger partial charge in [-0.2, -0.15) is 0 Å². The lowest BCUT2D eigenvalue weighted by atomic mass is 10.2. The number of nitrogens with two attached hydrogens (primary N) is 1. The van der Waals surface area contributed by atoms with Crippen molar-refractivity contribution < 1.29 is 9.53 Å². The molecule has 0 saturated heterocycles. The van der Waals surface area contributed by atoms with E-state index < -0.39 is 6.04 Å². The number of para-hydroxylation sites is 2. The second-order valence-corrected chi connectivity index (χ2v) is 7.78. The van der Waals surface area contributed by atoms with Gasteiger partial charge in [0.15, 0.2) is 5.16 Å². The number of thioether (sulfide) groups is 1. The van der Waals surface area contributed by atoms with E-state index in [-0.39, 0.29) is 11.9 Å². The highest BCUT2D eigenvalue weighted by Gasteiger charge is 2.25. The predicted molar refractivity (Wildman–Crippen MR) is 121 cm³/mol. The van der Waals surface area contributed by atoms with Crippen LogP contribution in [-0.2, 0) is 10.5 Å². The first-order valence-corrected chi connectivity index (χ1v) is 11.0. The van der Waals surface area contributed by atoms with Crippen LogP contribution in [0.2, 0.25) is 5.02 Å². The van der Waals surface area contributed by atoms with Gasteiger partial charge in [0.1, 0.15) is 11.8 Å². The predicted octanol–water partition coefficient (Wildman–Crippen LogP) is 4.79. The number of benzene rings is 2. The molecule has 0 spiro atoms. The minimum atomic E-state index is -0.566. The normalized spacial score (nSPS) is 11.8. The molecule has 9 heteroatoms. The quantitative estimate of drug-likeness (QED) is 0.459. The summed E-state index contributed by atoms with van der Waals surface area (Å²) in [7, 11) is 0. The summed E-state index contributed by atoms with van der Waals surface area (Å²) < 4.78 is 7.27. The fourth-order valence-corrected chi connectivity index (χ4v) is 4.27. The molecule has 7 nitrogen and oxygen atoms in total. The number of carbonyl (C=O) groups excluding carboxylic acids is 1. The highest BCUT2D eigenvalue weighted by molar-refractivity contribution is 7.98. The lowest BCUT2D eigenvalue weighted by Crippen LogP contribution is -2.27. The van der Waals surface area contributed by atoms with Crippen LogP contribution in [0.3, 0.4) is 0 Å². The number of hydrogen-bond acceptors (Lipinski definition) is 6. The van der Waals surface area contributed by atoms with E-state index in [1.807, 2.05) is 56.3 Å². The molecule has 1 aromatic heterocycles. The summed E-state index contributed by atoms with van der Waals surface area (Å²) in [4.78, 5) is 13.1. The van der Waals surface area contributed by atoms with Gasteiger partial charge in [-0.15, -0.1) is 10.2 Å². The van der Waals surface area contributed by atoms with E-state index in [1.54, 1.807) is 10.6 Å². The number of carbonyl (C=O) groups is 1. The number of aromatic nitrogens is 3. The topological polar surface area (TPSA) is 95.1 Å². The smallest absolute Gasteiger partial charge is 0.247 e. The highest BCUT2D eigenvalue weighted by atomic mass is 35.5. The zero-order valence-electron chi connectivity index (χ0n) is 16.8. The number of nitrogens with one attached hydrogen (secondary N) is 1. The van der Waals surface area contributed by atoms with Gasteiger partial charge in [0.05, 0.1) is 12.3 Å². The first-order chi connectivity index (χ1) is 14.5. The fraction of sp³-hybridized carbons (Fsp3) is 0.286. The highest BCUT2D eigenvalue weighted by Crippen LogP contribution is 2.31. The summed E-state index contributed by atoms with van der Waals surface area (Å²) in [6, 6.07) is 14.4. The number of nitrogens with zero attached hydrogens (tertiary/aromatic N) is 3. The van der Waals surface area contributed by atoms with Crippen LogP contribution >= 0.6 is 23.4 Å². The van der Waals surface area contributed by atoms with Gasteiger partial charge < -0.3 is 15.8 Å². The molecule has 1 atom stereocenters. The van der Waals surface area contributed by atoms with Crippen LogP contribution in [0.5, 0.6) is 5.75 Å². The molecule has 158 valence electrons. The number of nitrogen functional groups attached to an aromatic ring is 1. The van der Waals surface area contributed by atoms with Crippen LogP contribution in [0, 0.1) is 0 Å². The van der Waals surface area contributed by atoms with Crippen molar-refractivity contribution in [2.45, 2.75) is 37.2 Å². The maximum absolute atomic E-state index is 13.1. The molecule has 30 heavy (non-hydrogen) atoms. The standard InChI is InChI=1S/C21H24ClN5O2S/c1-3-17(19(28)24-16-11-7-8-12-18(16)29-4-2)27-20(23)25-26-21(27)30-13-14-9-5-6-10-15(14)22/h5-12,17H,3-4,13H2,1-2H3,(H2,23,25)(H,24,28).